The highest BCUT2D eigenvalue weighted by Crippen LogP contribution is 2.09. The van der Waals surface area contributed by atoms with Crippen LogP contribution in [0.25, 0.3) is 0 Å². The Kier molecular flexibility index (Phi) is 6.89. The SMILES string of the molecule is CCNC(=NCc1ccc(C)c(F)c1)NCCOC. The summed E-state index contributed by atoms with van der Waals surface area (Å²) in [5.41, 5.74) is 1.50. The largest absolute Gasteiger partial charge is 0.383 e. The summed E-state index contributed by atoms with van der Waals surface area (Å²) in [6.45, 7) is 6.27. The van der Waals surface area contributed by atoms with Crippen LogP contribution < -0.4 is 10.6 Å². The number of aryl methyl sites for hydroxylation is 1. The number of guanidine groups is 1. The lowest BCUT2D eigenvalue weighted by Crippen LogP contribution is -2.38. The van der Waals surface area contributed by atoms with E-state index in [1.165, 1.54) is 6.07 Å². The summed E-state index contributed by atoms with van der Waals surface area (Å²) >= 11 is 0. The molecule has 0 heterocycles. The molecule has 5 heteroatoms. The van der Waals surface area contributed by atoms with Gasteiger partial charge in [0, 0.05) is 20.2 Å². The lowest BCUT2D eigenvalue weighted by molar-refractivity contribution is 0.203. The van der Waals surface area contributed by atoms with Crippen molar-refractivity contribution in [2.75, 3.05) is 26.8 Å². The van der Waals surface area contributed by atoms with Gasteiger partial charge in [-0.15, -0.1) is 0 Å². The van der Waals surface area contributed by atoms with Gasteiger partial charge in [-0.2, -0.15) is 0 Å². The summed E-state index contributed by atoms with van der Waals surface area (Å²) in [5, 5.41) is 6.27. The average Bonchev–Trinajstić information content (AvgIpc) is 2.40. The summed E-state index contributed by atoms with van der Waals surface area (Å²) in [4.78, 5) is 4.40. The molecule has 0 aliphatic rings. The number of methoxy groups -OCH3 is 1. The van der Waals surface area contributed by atoms with Gasteiger partial charge in [-0.3, -0.25) is 0 Å². The molecule has 0 spiro atoms. The molecular formula is C14H22FN3O. The number of aliphatic imine (C=N–C) groups is 1. The van der Waals surface area contributed by atoms with Crippen LogP contribution in [-0.2, 0) is 11.3 Å². The Balaban J connectivity index is 2.60. The van der Waals surface area contributed by atoms with E-state index in [9.17, 15) is 4.39 Å². The van der Waals surface area contributed by atoms with Crippen LogP contribution in [0, 0.1) is 12.7 Å². The lowest BCUT2D eigenvalue weighted by Gasteiger charge is -2.10. The van der Waals surface area contributed by atoms with E-state index in [-0.39, 0.29) is 5.82 Å². The normalized spacial score (nSPS) is 11.5. The molecule has 0 aliphatic carbocycles. The van der Waals surface area contributed by atoms with Crippen LogP contribution in [0.2, 0.25) is 0 Å². The highest BCUT2D eigenvalue weighted by molar-refractivity contribution is 5.79. The standard InChI is InChI=1S/C14H22FN3O/c1-4-16-14(17-7-8-19-3)18-10-12-6-5-11(2)13(15)9-12/h5-6,9H,4,7-8,10H2,1-3H3,(H2,16,17,18). The van der Waals surface area contributed by atoms with Gasteiger partial charge in [0.25, 0.3) is 0 Å². The second-order valence-corrected chi connectivity index (χ2v) is 4.20. The molecule has 0 unspecified atom stereocenters. The summed E-state index contributed by atoms with van der Waals surface area (Å²) < 4.78 is 18.4. The Labute approximate surface area is 114 Å². The van der Waals surface area contributed by atoms with Gasteiger partial charge < -0.3 is 15.4 Å². The summed E-state index contributed by atoms with van der Waals surface area (Å²) in [7, 11) is 1.65. The second-order valence-electron chi connectivity index (χ2n) is 4.20. The highest BCUT2D eigenvalue weighted by Gasteiger charge is 2.00. The van der Waals surface area contributed by atoms with Crippen molar-refractivity contribution in [1.29, 1.82) is 0 Å². The maximum atomic E-state index is 13.4. The maximum absolute atomic E-state index is 13.4. The van der Waals surface area contributed by atoms with Crippen LogP contribution in [0.4, 0.5) is 4.39 Å². The number of rotatable bonds is 6. The number of ether oxygens (including phenoxy) is 1. The van der Waals surface area contributed by atoms with Crippen molar-refractivity contribution in [2.45, 2.75) is 20.4 Å². The van der Waals surface area contributed by atoms with E-state index >= 15 is 0 Å². The average molecular weight is 267 g/mol. The van der Waals surface area contributed by atoms with Gasteiger partial charge in [-0.25, -0.2) is 9.38 Å². The molecule has 0 radical (unpaired) electrons. The van der Waals surface area contributed by atoms with Crippen molar-refractivity contribution in [3.8, 4) is 0 Å². The minimum Gasteiger partial charge on any atom is -0.383 e. The van der Waals surface area contributed by atoms with Gasteiger partial charge in [0.2, 0.25) is 0 Å². The van der Waals surface area contributed by atoms with Crippen molar-refractivity contribution in [3.05, 3.63) is 35.1 Å². The third-order valence-corrected chi connectivity index (χ3v) is 2.60. The lowest BCUT2D eigenvalue weighted by atomic mass is 10.1. The molecular weight excluding hydrogens is 245 g/mol. The van der Waals surface area contributed by atoms with Crippen LogP contribution >= 0.6 is 0 Å². The Morgan fingerprint density at radius 2 is 2.16 bits per heavy atom. The zero-order valence-electron chi connectivity index (χ0n) is 11.8. The number of hydrogen-bond donors (Lipinski definition) is 2. The third-order valence-electron chi connectivity index (χ3n) is 2.60. The molecule has 106 valence electrons. The summed E-state index contributed by atoms with van der Waals surface area (Å²) in [5.74, 6) is 0.519. The zero-order valence-corrected chi connectivity index (χ0v) is 11.8. The van der Waals surface area contributed by atoms with Crippen molar-refractivity contribution < 1.29 is 9.13 Å². The Morgan fingerprint density at radius 1 is 1.37 bits per heavy atom. The van der Waals surface area contributed by atoms with Crippen molar-refractivity contribution in [1.82, 2.24) is 10.6 Å². The molecule has 1 aromatic carbocycles. The van der Waals surface area contributed by atoms with E-state index in [2.05, 4.69) is 15.6 Å². The zero-order chi connectivity index (χ0) is 14.1. The number of nitrogens with zero attached hydrogens (tertiary/aromatic N) is 1. The topological polar surface area (TPSA) is 45.7 Å². The first-order valence-electron chi connectivity index (χ1n) is 6.43. The molecule has 0 saturated carbocycles. The predicted octanol–water partition coefficient (Wildman–Crippen LogP) is 1.84. The molecule has 1 rings (SSSR count). The van der Waals surface area contributed by atoms with Crippen molar-refractivity contribution >= 4 is 5.96 Å². The van der Waals surface area contributed by atoms with E-state index < -0.39 is 0 Å². The molecule has 0 atom stereocenters. The molecule has 0 fully saturated rings. The van der Waals surface area contributed by atoms with E-state index in [0.29, 0.717) is 31.2 Å². The highest BCUT2D eigenvalue weighted by atomic mass is 19.1. The van der Waals surface area contributed by atoms with Gasteiger partial charge in [0.1, 0.15) is 5.82 Å². The molecule has 19 heavy (non-hydrogen) atoms. The van der Waals surface area contributed by atoms with E-state index in [4.69, 9.17) is 4.74 Å². The number of nitrogens with one attached hydrogen (secondary N) is 2. The smallest absolute Gasteiger partial charge is 0.191 e. The Hall–Kier alpha value is -1.62. The van der Waals surface area contributed by atoms with Crippen molar-refractivity contribution in [2.24, 2.45) is 4.99 Å². The second kappa shape index (κ2) is 8.48. The first-order chi connectivity index (χ1) is 9.17. The minimum absolute atomic E-state index is 0.190. The van der Waals surface area contributed by atoms with Crippen LogP contribution in [0.1, 0.15) is 18.1 Å². The van der Waals surface area contributed by atoms with Gasteiger partial charge >= 0.3 is 0 Å². The van der Waals surface area contributed by atoms with E-state index in [1.807, 2.05) is 13.0 Å². The molecule has 0 amide bonds. The molecule has 1 aromatic rings. The quantitative estimate of drug-likeness (QED) is 0.469. The fourth-order valence-corrected chi connectivity index (χ4v) is 1.52. The number of halogens is 1. The van der Waals surface area contributed by atoms with Crippen LogP contribution in [0.15, 0.2) is 23.2 Å². The van der Waals surface area contributed by atoms with Gasteiger partial charge in [0.15, 0.2) is 5.96 Å². The fourth-order valence-electron chi connectivity index (χ4n) is 1.52. The van der Waals surface area contributed by atoms with Gasteiger partial charge in [-0.05, 0) is 31.0 Å². The molecule has 0 bridgehead atoms. The first kappa shape index (κ1) is 15.4. The maximum Gasteiger partial charge on any atom is 0.191 e. The van der Waals surface area contributed by atoms with Crippen LogP contribution in [0.3, 0.4) is 0 Å². The van der Waals surface area contributed by atoms with Crippen LogP contribution in [0.5, 0.6) is 0 Å². The fraction of sp³-hybridized carbons (Fsp3) is 0.500. The third kappa shape index (κ3) is 5.70. The monoisotopic (exact) mass is 267 g/mol. The first-order valence-corrected chi connectivity index (χ1v) is 6.43. The minimum atomic E-state index is -0.190. The molecule has 0 saturated heterocycles. The van der Waals surface area contributed by atoms with E-state index in [1.54, 1.807) is 20.1 Å². The molecule has 2 N–H and O–H groups in total. The summed E-state index contributed by atoms with van der Waals surface area (Å²) in [6, 6.07) is 5.18. The molecule has 0 aliphatic heterocycles. The number of hydrogen-bond acceptors (Lipinski definition) is 2. The summed E-state index contributed by atoms with van der Waals surface area (Å²) in [6.07, 6.45) is 0. The van der Waals surface area contributed by atoms with Crippen LogP contribution in [-0.4, -0.2) is 32.8 Å². The molecule has 0 aromatic heterocycles. The Bertz CT molecular complexity index is 421. The van der Waals surface area contributed by atoms with Gasteiger partial charge in [0.05, 0.1) is 13.2 Å². The van der Waals surface area contributed by atoms with Crippen molar-refractivity contribution in [3.63, 3.8) is 0 Å². The van der Waals surface area contributed by atoms with E-state index in [0.717, 1.165) is 12.1 Å². The predicted molar refractivity (Wildman–Crippen MR) is 75.8 cm³/mol. The molecule has 4 nitrogen and oxygen atoms in total. The Morgan fingerprint density at radius 3 is 2.79 bits per heavy atom. The number of benzene rings is 1. The van der Waals surface area contributed by atoms with Gasteiger partial charge in [-0.1, -0.05) is 12.1 Å².